The van der Waals surface area contributed by atoms with Gasteiger partial charge in [-0.15, -0.1) is 0 Å². The van der Waals surface area contributed by atoms with E-state index in [2.05, 4.69) is 5.10 Å². The summed E-state index contributed by atoms with van der Waals surface area (Å²) in [7, 11) is -4.12. The summed E-state index contributed by atoms with van der Waals surface area (Å²) in [4.78, 5) is 13.6. The Bertz CT molecular complexity index is 1000. The highest BCUT2D eigenvalue weighted by Gasteiger charge is 2.32. The summed E-state index contributed by atoms with van der Waals surface area (Å²) in [5.74, 6) is -2.12. The summed E-state index contributed by atoms with van der Waals surface area (Å²) in [6.45, 7) is 1.71. The molecule has 0 saturated carbocycles. The Kier molecular flexibility index (Phi) is 4.47. The summed E-state index contributed by atoms with van der Waals surface area (Å²) in [5, 5.41) is 4.29. The van der Waals surface area contributed by atoms with E-state index < -0.39 is 26.6 Å². The number of sulfonamides is 1. The summed E-state index contributed by atoms with van der Waals surface area (Å²) in [5.41, 5.74) is 0.856. The number of hydrogen-bond donors (Lipinski definition) is 0. The van der Waals surface area contributed by atoms with Crippen LogP contribution in [0.5, 0.6) is 0 Å². The van der Waals surface area contributed by atoms with Crippen LogP contribution >= 0.6 is 0 Å². The van der Waals surface area contributed by atoms with E-state index in [1.54, 1.807) is 15.6 Å². The van der Waals surface area contributed by atoms with Gasteiger partial charge in [0.1, 0.15) is 16.5 Å². The third kappa shape index (κ3) is 3.23. The van der Waals surface area contributed by atoms with Crippen LogP contribution in [0.1, 0.15) is 29.0 Å². The Morgan fingerprint density at radius 2 is 1.78 bits per heavy atom. The van der Waals surface area contributed by atoms with Gasteiger partial charge in [-0.25, -0.2) is 17.2 Å². The minimum absolute atomic E-state index is 0.0283. The highest BCUT2D eigenvalue weighted by atomic mass is 32.2. The summed E-state index contributed by atoms with van der Waals surface area (Å²) in [6, 6.07) is 3.97. The van der Waals surface area contributed by atoms with Crippen LogP contribution in [0.15, 0.2) is 29.2 Å². The van der Waals surface area contributed by atoms with Crippen LogP contribution in [0.2, 0.25) is 0 Å². The molecule has 10 heteroatoms. The predicted octanol–water partition coefficient (Wildman–Crippen LogP) is 1.60. The van der Waals surface area contributed by atoms with E-state index in [0.29, 0.717) is 30.5 Å². The number of rotatable bonds is 3. The molecule has 144 valence electrons. The van der Waals surface area contributed by atoms with Crippen molar-refractivity contribution in [3.8, 4) is 0 Å². The Balaban J connectivity index is 1.58. The van der Waals surface area contributed by atoms with E-state index in [0.717, 1.165) is 29.3 Å². The lowest BCUT2D eigenvalue weighted by Crippen LogP contribution is -2.38. The number of aromatic nitrogens is 2. The SMILES string of the molecule is O=C(c1cc2n(n1)CCN(S(=O)(=O)c1ccc(F)cc1F)C2)N1CCCC1. The van der Waals surface area contributed by atoms with Crippen LogP contribution in [-0.2, 0) is 23.1 Å². The monoisotopic (exact) mass is 396 g/mol. The number of benzene rings is 1. The van der Waals surface area contributed by atoms with Gasteiger partial charge in [0.05, 0.1) is 18.8 Å². The smallest absolute Gasteiger partial charge is 0.274 e. The molecule has 1 aromatic heterocycles. The molecule has 0 spiro atoms. The van der Waals surface area contributed by atoms with E-state index in [-0.39, 0.29) is 25.5 Å². The van der Waals surface area contributed by atoms with Gasteiger partial charge in [-0.3, -0.25) is 9.48 Å². The van der Waals surface area contributed by atoms with Crippen molar-refractivity contribution in [2.75, 3.05) is 19.6 Å². The van der Waals surface area contributed by atoms with Gasteiger partial charge in [-0.05, 0) is 31.0 Å². The fourth-order valence-electron chi connectivity index (χ4n) is 3.46. The molecule has 27 heavy (non-hydrogen) atoms. The van der Waals surface area contributed by atoms with Crippen LogP contribution in [0.3, 0.4) is 0 Å². The Labute approximate surface area is 155 Å². The number of fused-ring (bicyclic) bond motifs is 1. The minimum atomic E-state index is -4.12. The normalized spacial score (nSPS) is 17.9. The molecule has 0 radical (unpaired) electrons. The van der Waals surface area contributed by atoms with Crippen molar-refractivity contribution in [1.82, 2.24) is 19.0 Å². The van der Waals surface area contributed by atoms with E-state index in [9.17, 15) is 22.0 Å². The number of nitrogens with zero attached hydrogens (tertiary/aromatic N) is 4. The van der Waals surface area contributed by atoms with Crippen molar-refractivity contribution in [3.63, 3.8) is 0 Å². The number of amides is 1. The molecular weight excluding hydrogens is 378 g/mol. The molecule has 0 atom stereocenters. The van der Waals surface area contributed by atoms with E-state index >= 15 is 0 Å². The van der Waals surface area contributed by atoms with Gasteiger partial charge in [0, 0.05) is 25.7 Å². The number of carbonyl (C=O) groups is 1. The zero-order valence-corrected chi connectivity index (χ0v) is 15.3. The maximum Gasteiger partial charge on any atom is 0.274 e. The van der Waals surface area contributed by atoms with Crippen molar-refractivity contribution < 1.29 is 22.0 Å². The first-order valence-electron chi connectivity index (χ1n) is 8.67. The first kappa shape index (κ1) is 18.1. The maximum absolute atomic E-state index is 14.0. The maximum atomic E-state index is 14.0. The van der Waals surface area contributed by atoms with E-state index in [4.69, 9.17) is 0 Å². The first-order chi connectivity index (χ1) is 12.9. The lowest BCUT2D eigenvalue weighted by molar-refractivity contribution is 0.0786. The number of hydrogen-bond acceptors (Lipinski definition) is 4. The Morgan fingerprint density at radius 1 is 1.04 bits per heavy atom. The molecule has 7 nitrogen and oxygen atoms in total. The van der Waals surface area contributed by atoms with Crippen LogP contribution < -0.4 is 0 Å². The van der Waals surface area contributed by atoms with Crippen LogP contribution in [0, 0.1) is 11.6 Å². The zero-order chi connectivity index (χ0) is 19.2. The summed E-state index contributed by atoms with van der Waals surface area (Å²) >= 11 is 0. The van der Waals surface area contributed by atoms with Gasteiger partial charge in [0.15, 0.2) is 5.69 Å². The van der Waals surface area contributed by atoms with Crippen molar-refractivity contribution in [2.45, 2.75) is 30.8 Å². The fraction of sp³-hybridized carbons (Fsp3) is 0.412. The highest BCUT2D eigenvalue weighted by Crippen LogP contribution is 2.25. The minimum Gasteiger partial charge on any atom is -0.337 e. The second-order valence-electron chi connectivity index (χ2n) is 6.66. The second kappa shape index (κ2) is 6.68. The molecular formula is C17H18F2N4O3S. The molecule has 0 unspecified atom stereocenters. The molecule has 1 aromatic carbocycles. The van der Waals surface area contributed by atoms with Crippen LogP contribution in [0.4, 0.5) is 8.78 Å². The second-order valence-corrected chi connectivity index (χ2v) is 8.56. The molecule has 1 fully saturated rings. The molecule has 2 aromatic rings. The molecule has 0 N–H and O–H groups in total. The van der Waals surface area contributed by atoms with E-state index in [1.807, 2.05) is 0 Å². The van der Waals surface area contributed by atoms with Gasteiger partial charge < -0.3 is 4.90 Å². The van der Waals surface area contributed by atoms with Crippen molar-refractivity contribution in [3.05, 3.63) is 47.3 Å². The highest BCUT2D eigenvalue weighted by molar-refractivity contribution is 7.89. The third-order valence-corrected chi connectivity index (χ3v) is 6.77. The fourth-order valence-corrected chi connectivity index (χ4v) is 4.91. The zero-order valence-electron chi connectivity index (χ0n) is 14.4. The molecule has 1 saturated heterocycles. The van der Waals surface area contributed by atoms with E-state index in [1.165, 1.54) is 0 Å². The number of carbonyl (C=O) groups excluding carboxylic acids is 1. The molecule has 0 aliphatic carbocycles. The standard InChI is InChI=1S/C17H18F2N4O3S/c18-12-3-4-16(14(19)9-12)27(25,26)22-7-8-23-13(11-22)10-15(20-23)17(24)21-5-1-2-6-21/h3-4,9-10H,1-2,5-8,11H2. The average Bonchev–Trinajstić information content (AvgIpc) is 3.29. The molecule has 1 amide bonds. The van der Waals surface area contributed by atoms with Crippen molar-refractivity contribution in [2.24, 2.45) is 0 Å². The number of halogens is 2. The average molecular weight is 396 g/mol. The van der Waals surface area contributed by atoms with Crippen LogP contribution in [0.25, 0.3) is 0 Å². The Hall–Kier alpha value is -2.33. The van der Waals surface area contributed by atoms with Gasteiger partial charge in [-0.1, -0.05) is 0 Å². The molecule has 2 aliphatic heterocycles. The molecule has 2 aliphatic rings. The molecule has 0 bridgehead atoms. The lowest BCUT2D eigenvalue weighted by Gasteiger charge is -2.27. The predicted molar refractivity (Wildman–Crippen MR) is 91.3 cm³/mol. The largest absolute Gasteiger partial charge is 0.337 e. The van der Waals surface area contributed by atoms with Gasteiger partial charge in [0.2, 0.25) is 10.0 Å². The van der Waals surface area contributed by atoms with Gasteiger partial charge in [0.25, 0.3) is 5.91 Å². The quantitative estimate of drug-likeness (QED) is 0.790. The molecule has 4 rings (SSSR count). The Morgan fingerprint density at radius 3 is 2.48 bits per heavy atom. The van der Waals surface area contributed by atoms with Crippen LogP contribution in [-0.4, -0.2) is 52.9 Å². The van der Waals surface area contributed by atoms with Crippen molar-refractivity contribution in [1.29, 1.82) is 0 Å². The van der Waals surface area contributed by atoms with Gasteiger partial charge >= 0.3 is 0 Å². The molecule has 3 heterocycles. The number of likely N-dealkylation sites (tertiary alicyclic amines) is 1. The van der Waals surface area contributed by atoms with Gasteiger partial charge in [-0.2, -0.15) is 9.40 Å². The lowest BCUT2D eigenvalue weighted by atomic mass is 10.3. The summed E-state index contributed by atoms with van der Waals surface area (Å²) < 4.78 is 55.2. The third-order valence-electron chi connectivity index (χ3n) is 4.89. The topological polar surface area (TPSA) is 75.5 Å². The summed E-state index contributed by atoms with van der Waals surface area (Å²) in [6.07, 6.45) is 1.93. The first-order valence-corrected chi connectivity index (χ1v) is 10.1. The van der Waals surface area contributed by atoms with Crippen molar-refractivity contribution >= 4 is 15.9 Å².